The van der Waals surface area contributed by atoms with Gasteiger partial charge in [-0.15, -0.1) is 0 Å². The van der Waals surface area contributed by atoms with Crippen LogP contribution in [-0.4, -0.2) is 23.0 Å². The van der Waals surface area contributed by atoms with Gasteiger partial charge in [0.05, 0.1) is 25.6 Å². The minimum atomic E-state index is 0.529. The number of aromatic nitrogens is 2. The van der Waals surface area contributed by atoms with Crippen LogP contribution in [0.2, 0.25) is 0 Å². The van der Waals surface area contributed by atoms with Gasteiger partial charge in [0, 0.05) is 19.5 Å². The van der Waals surface area contributed by atoms with Crippen molar-refractivity contribution in [3.8, 4) is 11.5 Å². The molecule has 0 unspecified atom stereocenters. The van der Waals surface area contributed by atoms with Crippen molar-refractivity contribution in [2.75, 3.05) is 13.2 Å². The Morgan fingerprint density at radius 3 is 2.70 bits per heavy atom. The maximum Gasteiger partial charge on any atom is 0.157 e. The summed E-state index contributed by atoms with van der Waals surface area (Å²) in [7, 11) is 0. The third-order valence-electron chi connectivity index (χ3n) is 2.89. The third-order valence-corrected chi connectivity index (χ3v) is 2.89. The van der Waals surface area contributed by atoms with Gasteiger partial charge in [-0.3, -0.25) is 4.68 Å². The zero-order valence-electron chi connectivity index (χ0n) is 11.8. The van der Waals surface area contributed by atoms with Crippen molar-refractivity contribution in [1.82, 2.24) is 9.78 Å². The average molecular weight is 275 g/mol. The molecule has 1 aromatic carbocycles. The Kier molecular flexibility index (Phi) is 5.43. The van der Waals surface area contributed by atoms with Crippen LogP contribution in [0.3, 0.4) is 0 Å². The summed E-state index contributed by atoms with van der Waals surface area (Å²) in [6.45, 7) is 4.66. The van der Waals surface area contributed by atoms with Gasteiger partial charge in [-0.05, 0) is 24.6 Å². The molecule has 108 valence electrons. The van der Waals surface area contributed by atoms with E-state index in [1.54, 1.807) is 6.20 Å². The van der Waals surface area contributed by atoms with Crippen molar-refractivity contribution in [2.24, 2.45) is 5.73 Å². The lowest BCUT2D eigenvalue weighted by atomic mass is 10.2. The Labute approximate surface area is 119 Å². The molecule has 0 radical (unpaired) electrons. The van der Waals surface area contributed by atoms with Gasteiger partial charge < -0.3 is 15.2 Å². The van der Waals surface area contributed by atoms with Gasteiger partial charge in [-0.25, -0.2) is 0 Å². The second kappa shape index (κ2) is 7.55. The second-order valence-electron chi connectivity index (χ2n) is 4.43. The van der Waals surface area contributed by atoms with Gasteiger partial charge in [-0.2, -0.15) is 5.10 Å². The van der Waals surface area contributed by atoms with Gasteiger partial charge in [0.15, 0.2) is 5.75 Å². The molecule has 0 atom stereocenters. The Morgan fingerprint density at radius 2 is 2.00 bits per heavy atom. The van der Waals surface area contributed by atoms with E-state index in [-0.39, 0.29) is 0 Å². The molecule has 2 aromatic rings. The highest BCUT2D eigenvalue weighted by Crippen LogP contribution is 2.13. The summed E-state index contributed by atoms with van der Waals surface area (Å²) in [5.74, 6) is 1.66. The van der Waals surface area contributed by atoms with Crippen molar-refractivity contribution in [3.05, 3.63) is 42.2 Å². The van der Waals surface area contributed by atoms with E-state index in [4.69, 9.17) is 15.2 Å². The van der Waals surface area contributed by atoms with Crippen molar-refractivity contribution in [1.29, 1.82) is 0 Å². The molecule has 5 nitrogen and oxygen atoms in total. The molecule has 0 aliphatic rings. The van der Waals surface area contributed by atoms with Crippen LogP contribution in [0.25, 0.3) is 0 Å². The van der Waals surface area contributed by atoms with E-state index in [2.05, 4.69) is 5.10 Å². The molecule has 0 amide bonds. The number of hydrogen-bond acceptors (Lipinski definition) is 4. The first kappa shape index (κ1) is 14.4. The molecule has 0 fully saturated rings. The van der Waals surface area contributed by atoms with Gasteiger partial charge in [0.25, 0.3) is 0 Å². The predicted molar refractivity (Wildman–Crippen MR) is 77.8 cm³/mol. The highest BCUT2D eigenvalue weighted by atomic mass is 16.5. The van der Waals surface area contributed by atoms with Crippen molar-refractivity contribution < 1.29 is 9.47 Å². The van der Waals surface area contributed by atoms with Crippen LogP contribution < -0.4 is 15.2 Å². The molecule has 1 aromatic heterocycles. The molecule has 2 N–H and O–H groups in total. The van der Waals surface area contributed by atoms with Gasteiger partial charge >= 0.3 is 0 Å². The molecule has 0 aliphatic carbocycles. The maximum atomic E-state index is 5.66. The molecule has 0 bridgehead atoms. The van der Waals surface area contributed by atoms with Gasteiger partial charge in [0.1, 0.15) is 5.75 Å². The fourth-order valence-electron chi connectivity index (χ4n) is 1.79. The lowest BCUT2D eigenvalue weighted by Crippen LogP contribution is -2.05. The van der Waals surface area contributed by atoms with E-state index in [0.717, 1.165) is 30.0 Å². The standard InChI is InChI=1S/C15H21N3O2/c1-2-18-12-15(11-17-18)20-8-4-7-19-14-6-3-5-13(9-14)10-16/h3,5-6,9,11-12H,2,4,7-8,10,16H2,1H3. The van der Waals surface area contributed by atoms with Crippen LogP contribution in [-0.2, 0) is 13.1 Å². The molecule has 0 saturated heterocycles. The zero-order valence-corrected chi connectivity index (χ0v) is 11.8. The van der Waals surface area contributed by atoms with Gasteiger partial charge in [0.2, 0.25) is 0 Å². The Balaban J connectivity index is 1.66. The normalized spacial score (nSPS) is 10.5. The molecule has 20 heavy (non-hydrogen) atoms. The van der Waals surface area contributed by atoms with Crippen molar-refractivity contribution >= 4 is 0 Å². The summed E-state index contributed by atoms with van der Waals surface area (Å²) >= 11 is 0. The monoisotopic (exact) mass is 275 g/mol. The Hall–Kier alpha value is -2.01. The molecule has 1 heterocycles. The quantitative estimate of drug-likeness (QED) is 0.750. The molecule has 5 heteroatoms. The average Bonchev–Trinajstić information content (AvgIpc) is 2.95. The number of aryl methyl sites for hydroxylation is 1. The van der Waals surface area contributed by atoms with Gasteiger partial charge in [-0.1, -0.05) is 12.1 Å². The number of nitrogens with two attached hydrogens (primary N) is 1. The number of ether oxygens (including phenoxy) is 2. The van der Waals surface area contributed by atoms with Crippen molar-refractivity contribution in [3.63, 3.8) is 0 Å². The van der Waals surface area contributed by atoms with E-state index in [0.29, 0.717) is 19.8 Å². The summed E-state index contributed by atoms with van der Waals surface area (Å²) in [4.78, 5) is 0. The largest absolute Gasteiger partial charge is 0.493 e. The van der Waals surface area contributed by atoms with E-state index < -0.39 is 0 Å². The number of rotatable bonds is 8. The molecule has 0 saturated carbocycles. The van der Waals surface area contributed by atoms with Crippen molar-refractivity contribution in [2.45, 2.75) is 26.4 Å². The predicted octanol–water partition coefficient (Wildman–Crippen LogP) is 2.21. The van der Waals surface area contributed by atoms with E-state index in [1.807, 2.05) is 42.1 Å². The van der Waals surface area contributed by atoms with Crippen LogP contribution in [0, 0.1) is 0 Å². The van der Waals surface area contributed by atoms with Crippen LogP contribution >= 0.6 is 0 Å². The van der Waals surface area contributed by atoms with E-state index >= 15 is 0 Å². The lowest BCUT2D eigenvalue weighted by Gasteiger charge is -2.07. The first-order valence-electron chi connectivity index (χ1n) is 6.89. The summed E-state index contributed by atoms with van der Waals surface area (Å²) in [6, 6.07) is 7.84. The first-order valence-corrected chi connectivity index (χ1v) is 6.89. The summed E-state index contributed by atoms with van der Waals surface area (Å²) in [6.07, 6.45) is 4.45. The fourth-order valence-corrected chi connectivity index (χ4v) is 1.79. The maximum absolute atomic E-state index is 5.66. The molecular formula is C15H21N3O2. The van der Waals surface area contributed by atoms with E-state index in [1.165, 1.54) is 0 Å². The second-order valence-corrected chi connectivity index (χ2v) is 4.43. The zero-order chi connectivity index (χ0) is 14.2. The fraction of sp³-hybridized carbons (Fsp3) is 0.400. The number of benzene rings is 1. The Bertz CT molecular complexity index is 525. The Morgan fingerprint density at radius 1 is 1.20 bits per heavy atom. The summed E-state index contributed by atoms with van der Waals surface area (Å²) in [5.41, 5.74) is 6.66. The first-order chi connectivity index (χ1) is 9.81. The topological polar surface area (TPSA) is 62.3 Å². The molecule has 0 spiro atoms. The molecular weight excluding hydrogens is 254 g/mol. The number of hydrogen-bond donors (Lipinski definition) is 1. The van der Waals surface area contributed by atoms with Crippen LogP contribution in [0.5, 0.6) is 11.5 Å². The third kappa shape index (κ3) is 4.28. The SMILES string of the molecule is CCn1cc(OCCCOc2cccc(CN)c2)cn1. The highest BCUT2D eigenvalue weighted by Gasteiger charge is 1.99. The highest BCUT2D eigenvalue weighted by molar-refractivity contribution is 5.28. The number of nitrogens with zero attached hydrogens (tertiary/aromatic N) is 2. The summed E-state index contributed by atoms with van der Waals surface area (Å²) < 4.78 is 13.1. The summed E-state index contributed by atoms with van der Waals surface area (Å²) in [5, 5.41) is 4.15. The minimum Gasteiger partial charge on any atom is -0.493 e. The minimum absolute atomic E-state index is 0.529. The smallest absolute Gasteiger partial charge is 0.157 e. The van der Waals surface area contributed by atoms with Crippen LogP contribution in [0.4, 0.5) is 0 Å². The van der Waals surface area contributed by atoms with Crippen LogP contribution in [0.1, 0.15) is 18.9 Å². The van der Waals surface area contributed by atoms with Crippen LogP contribution in [0.15, 0.2) is 36.7 Å². The molecule has 0 aliphatic heterocycles. The molecule has 2 rings (SSSR count). The lowest BCUT2D eigenvalue weighted by molar-refractivity contribution is 0.247. The van der Waals surface area contributed by atoms with E-state index in [9.17, 15) is 0 Å².